The number of nitrogens with zero attached hydrogens (tertiary/aromatic N) is 1. The third kappa shape index (κ3) is 3.75. The first-order valence-electron chi connectivity index (χ1n) is 7.72. The summed E-state index contributed by atoms with van der Waals surface area (Å²) in [6.07, 6.45) is 7.80. The van der Waals surface area contributed by atoms with Crippen LogP contribution in [0.2, 0.25) is 0 Å². The zero-order chi connectivity index (χ0) is 15.2. The molecule has 2 atom stereocenters. The monoisotopic (exact) mass is 303 g/mol. The van der Waals surface area contributed by atoms with Crippen LogP contribution < -0.4 is 5.30 Å². The molecule has 0 aliphatic heterocycles. The zero-order valence-electron chi connectivity index (χ0n) is 13.5. The van der Waals surface area contributed by atoms with Crippen molar-refractivity contribution in [2.45, 2.75) is 32.9 Å². The minimum Gasteiger partial charge on any atom is -0.500 e. The van der Waals surface area contributed by atoms with Crippen molar-refractivity contribution in [3.63, 3.8) is 0 Å². The van der Waals surface area contributed by atoms with Gasteiger partial charge in [-0.3, -0.25) is 4.67 Å². The molecule has 1 aliphatic carbocycles. The fourth-order valence-corrected chi connectivity index (χ4v) is 5.54. The molecule has 2 rings (SSSR count). The SMILES string of the molecule is CCN(CC)P(c1ccc(C)cc1)C1C=CCC=C1OC. The molecule has 0 bridgehead atoms. The number of ether oxygens (including phenoxy) is 1. The van der Waals surface area contributed by atoms with Gasteiger partial charge in [0.25, 0.3) is 0 Å². The molecule has 21 heavy (non-hydrogen) atoms. The Hall–Kier alpha value is -1.11. The molecule has 0 aromatic heterocycles. The van der Waals surface area contributed by atoms with Crippen LogP contribution in [-0.2, 0) is 4.74 Å². The minimum atomic E-state index is -0.442. The van der Waals surface area contributed by atoms with Gasteiger partial charge in [0.15, 0.2) is 0 Å². The van der Waals surface area contributed by atoms with Crippen molar-refractivity contribution in [2.24, 2.45) is 0 Å². The normalized spacial score (nSPS) is 19.5. The number of aryl methyl sites for hydroxylation is 1. The molecule has 114 valence electrons. The second kappa shape index (κ2) is 7.77. The molecule has 0 heterocycles. The van der Waals surface area contributed by atoms with Crippen molar-refractivity contribution in [1.29, 1.82) is 0 Å². The first-order chi connectivity index (χ1) is 10.2. The lowest BCUT2D eigenvalue weighted by molar-refractivity contribution is 0.282. The molecule has 0 saturated heterocycles. The molecule has 1 aromatic rings. The fraction of sp³-hybridized carbons (Fsp3) is 0.444. The van der Waals surface area contributed by atoms with Crippen LogP contribution in [0.4, 0.5) is 0 Å². The van der Waals surface area contributed by atoms with Crippen molar-refractivity contribution < 1.29 is 4.74 Å². The van der Waals surface area contributed by atoms with Crippen LogP contribution in [-0.4, -0.2) is 30.5 Å². The number of methoxy groups -OCH3 is 1. The van der Waals surface area contributed by atoms with E-state index in [9.17, 15) is 0 Å². The summed E-state index contributed by atoms with van der Waals surface area (Å²) in [6.45, 7) is 8.77. The zero-order valence-corrected chi connectivity index (χ0v) is 14.4. The van der Waals surface area contributed by atoms with Crippen LogP contribution in [0.5, 0.6) is 0 Å². The molecule has 0 saturated carbocycles. The Balaban J connectivity index is 2.40. The average Bonchev–Trinajstić information content (AvgIpc) is 2.53. The van der Waals surface area contributed by atoms with Crippen molar-refractivity contribution in [2.75, 3.05) is 20.2 Å². The maximum Gasteiger partial charge on any atom is 0.105 e. The highest BCUT2D eigenvalue weighted by Gasteiger charge is 2.30. The topological polar surface area (TPSA) is 12.5 Å². The molecule has 3 heteroatoms. The second-order valence-corrected chi connectivity index (χ2v) is 7.57. The highest BCUT2D eigenvalue weighted by atomic mass is 31.1. The Labute approximate surface area is 130 Å². The minimum absolute atomic E-state index is 0.362. The summed E-state index contributed by atoms with van der Waals surface area (Å²) in [7, 11) is 1.35. The molecule has 0 radical (unpaired) electrons. The summed E-state index contributed by atoms with van der Waals surface area (Å²) < 4.78 is 8.25. The van der Waals surface area contributed by atoms with Gasteiger partial charge in [0.1, 0.15) is 5.76 Å². The molecular weight excluding hydrogens is 277 g/mol. The van der Waals surface area contributed by atoms with Gasteiger partial charge in [-0.1, -0.05) is 55.8 Å². The van der Waals surface area contributed by atoms with E-state index in [2.05, 4.69) is 67.9 Å². The van der Waals surface area contributed by atoms with Gasteiger partial charge >= 0.3 is 0 Å². The second-order valence-electron chi connectivity index (χ2n) is 5.24. The Morgan fingerprint density at radius 1 is 1.19 bits per heavy atom. The van der Waals surface area contributed by atoms with E-state index in [4.69, 9.17) is 4.74 Å². The largest absolute Gasteiger partial charge is 0.500 e. The maximum absolute atomic E-state index is 5.67. The lowest BCUT2D eigenvalue weighted by atomic mass is 10.2. The smallest absolute Gasteiger partial charge is 0.105 e. The van der Waals surface area contributed by atoms with Crippen LogP contribution >= 0.6 is 8.07 Å². The lowest BCUT2D eigenvalue weighted by Crippen LogP contribution is -2.30. The van der Waals surface area contributed by atoms with E-state index < -0.39 is 8.07 Å². The molecule has 0 spiro atoms. The van der Waals surface area contributed by atoms with Gasteiger partial charge in [0.05, 0.1) is 12.8 Å². The summed E-state index contributed by atoms with van der Waals surface area (Å²) >= 11 is 0. The maximum atomic E-state index is 5.67. The predicted octanol–water partition coefficient (Wildman–Crippen LogP) is 4.22. The highest BCUT2D eigenvalue weighted by Crippen LogP contribution is 2.48. The van der Waals surface area contributed by atoms with E-state index in [0.717, 1.165) is 25.3 Å². The van der Waals surface area contributed by atoms with Gasteiger partial charge in [-0.2, -0.15) is 0 Å². The Bertz CT molecular complexity index is 502. The van der Waals surface area contributed by atoms with Gasteiger partial charge in [0, 0.05) is 8.07 Å². The third-order valence-electron chi connectivity index (χ3n) is 3.90. The van der Waals surface area contributed by atoms with Crippen molar-refractivity contribution in [3.8, 4) is 0 Å². The first kappa shape index (κ1) is 16.3. The quantitative estimate of drug-likeness (QED) is 0.576. The van der Waals surface area contributed by atoms with Crippen LogP contribution in [0.1, 0.15) is 25.8 Å². The number of allylic oxidation sites excluding steroid dienone is 3. The summed E-state index contributed by atoms with van der Waals surface area (Å²) in [5.74, 6) is 1.12. The summed E-state index contributed by atoms with van der Waals surface area (Å²) in [5.41, 5.74) is 1.68. The van der Waals surface area contributed by atoms with Crippen molar-refractivity contribution >= 4 is 13.4 Å². The van der Waals surface area contributed by atoms with Crippen LogP contribution in [0.15, 0.2) is 48.3 Å². The fourth-order valence-electron chi connectivity index (χ4n) is 2.74. The summed E-state index contributed by atoms with van der Waals surface area (Å²) in [4.78, 5) is 0. The summed E-state index contributed by atoms with van der Waals surface area (Å²) in [6, 6.07) is 9.01. The Kier molecular flexibility index (Phi) is 6.02. The van der Waals surface area contributed by atoms with Gasteiger partial charge in [-0.15, -0.1) is 0 Å². The molecule has 1 aromatic carbocycles. The molecule has 0 N–H and O–H groups in total. The van der Waals surface area contributed by atoms with Crippen LogP contribution in [0.3, 0.4) is 0 Å². The van der Waals surface area contributed by atoms with E-state index in [-0.39, 0.29) is 0 Å². The molecule has 0 amide bonds. The summed E-state index contributed by atoms with van der Waals surface area (Å²) in [5, 5.41) is 1.43. The number of benzene rings is 1. The Morgan fingerprint density at radius 2 is 1.86 bits per heavy atom. The van der Waals surface area contributed by atoms with Crippen LogP contribution in [0.25, 0.3) is 0 Å². The predicted molar refractivity (Wildman–Crippen MR) is 93.3 cm³/mol. The van der Waals surface area contributed by atoms with Crippen LogP contribution in [0, 0.1) is 6.92 Å². The third-order valence-corrected chi connectivity index (χ3v) is 6.85. The molecule has 1 aliphatic rings. The number of hydrogen-bond acceptors (Lipinski definition) is 2. The Morgan fingerprint density at radius 3 is 2.43 bits per heavy atom. The molecule has 2 unspecified atom stereocenters. The van der Waals surface area contributed by atoms with E-state index in [1.165, 1.54) is 10.9 Å². The van der Waals surface area contributed by atoms with Gasteiger partial charge in [-0.05, 0) is 37.8 Å². The average molecular weight is 303 g/mol. The van der Waals surface area contributed by atoms with Gasteiger partial charge in [-0.25, -0.2) is 0 Å². The van der Waals surface area contributed by atoms with E-state index in [1.807, 2.05) is 0 Å². The van der Waals surface area contributed by atoms with E-state index in [0.29, 0.717) is 5.66 Å². The molecule has 2 nitrogen and oxygen atoms in total. The van der Waals surface area contributed by atoms with E-state index in [1.54, 1.807) is 7.11 Å². The number of hydrogen-bond donors (Lipinski definition) is 0. The highest BCUT2D eigenvalue weighted by molar-refractivity contribution is 7.64. The molecule has 0 fully saturated rings. The van der Waals surface area contributed by atoms with Crippen molar-refractivity contribution in [1.82, 2.24) is 4.67 Å². The first-order valence-corrected chi connectivity index (χ1v) is 9.09. The lowest BCUT2D eigenvalue weighted by Gasteiger charge is -2.36. The molecular formula is C18H26NOP. The van der Waals surface area contributed by atoms with Crippen molar-refractivity contribution in [3.05, 3.63) is 53.8 Å². The van der Waals surface area contributed by atoms with E-state index >= 15 is 0 Å². The van der Waals surface area contributed by atoms with Gasteiger partial charge in [0.2, 0.25) is 0 Å². The standard InChI is InChI=1S/C18H26NOP/c1-5-19(6-2)21(16-13-11-15(3)12-14-16)18-10-8-7-9-17(18)20-4/h8-14,18H,5-7H2,1-4H3. The number of rotatable bonds is 6. The van der Waals surface area contributed by atoms with Gasteiger partial charge < -0.3 is 4.74 Å².